The Morgan fingerprint density at radius 3 is 2.44 bits per heavy atom. The van der Waals surface area contributed by atoms with Gasteiger partial charge in [0.1, 0.15) is 0 Å². The van der Waals surface area contributed by atoms with Gasteiger partial charge in [0.05, 0.1) is 12.7 Å². The third kappa shape index (κ3) is 6.36. The molecule has 6 nitrogen and oxygen atoms in total. The van der Waals surface area contributed by atoms with Gasteiger partial charge in [-0.15, -0.1) is 0 Å². The molecule has 0 aliphatic heterocycles. The number of carboxylic acid groups (broad SMARTS) is 1. The van der Waals surface area contributed by atoms with E-state index in [1.807, 2.05) is 6.92 Å². The molecule has 3 N–H and O–H groups in total. The smallest absolute Gasteiger partial charge is 0.328 e. The molecule has 16 heavy (non-hydrogen) atoms. The average molecular weight is 233 g/mol. The molecule has 2 atom stereocenters. The van der Waals surface area contributed by atoms with Crippen molar-refractivity contribution in [3.8, 4) is 0 Å². The third-order valence-corrected chi connectivity index (χ3v) is 1.89. The van der Waals surface area contributed by atoms with Crippen LogP contribution in [0.3, 0.4) is 0 Å². The van der Waals surface area contributed by atoms with Crippen molar-refractivity contribution in [1.82, 2.24) is 5.32 Å². The Hall–Kier alpha value is -1.14. The normalized spacial score (nSPS) is 14.2. The quantitative estimate of drug-likeness (QED) is 0.502. The SMILES string of the molecule is CCCOCCC(=O)N[C@H](C(=O)O)[C@@H](C)O. The number of ether oxygens (including phenoxy) is 1. The molecule has 0 bridgehead atoms. The van der Waals surface area contributed by atoms with Crippen molar-refractivity contribution in [3.63, 3.8) is 0 Å². The molecule has 0 aromatic carbocycles. The number of aliphatic hydroxyl groups excluding tert-OH is 1. The molecule has 0 rings (SSSR count). The van der Waals surface area contributed by atoms with Gasteiger partial charge in [-0.2, -0.15) is 0 Å². The van der Waals surface area contributed by atoms with Crippen LogP contribution in [0.1, 0.15) is 26.7 Å². The van der Waals surface area contributed by atoms with Crippen LogP contribution in [-0.4, -0.2) is 47.4 Å². The summed E-state index contributed by atoms with van der Waals surface area (Å²) in [6.07, 6.45) is -0.165. The third-order valence-electron chi connectivity index (χ3n) is 1.89. The number of hydrogen-bond acceptors (Lipinski definition) is 4. The number of hydrogen-bond donors (Lipinski definition) is 3. The fourth-order valence-electron chi connectivity index (χ4n) is 1.05. The van der Waals surface area contributed by atoms with Crippen LogP contribution in [0.4, 0.5) is 0 Å². The van der Waals surface area contributed by atoms with Crippen LogP contribution in [0.2, 0.25) is 0 Å². The van der Waals surface area contributed by atoms with Crippen LogP contribution in [0.15, 0.2) is 0 Å². The molecule has 0 spiro atoms. The maximum Gasteiger partial charge on any atom is 0.328 e. The number of carbonyl (C=O) groups excluding carboxylic acids is 1. The van der Waals surface area contributed by atoms with Gasteiger partial charge in [-0.3, -0.25) is 4.79 Å². The van der Waals surface area contributed by atoms with E-state index >= 15 is 0 Å². The number of nitrogens with one attached hydrogen (secondary N) is 1. The monoisotopic (exact) mass is 233 g/mol. The van der Waals surface area contributed by atoms with E-state index in [4.69, 9.17) is 14.9 Å². The van der Waals surface area contributed by atoms with E-state index in [-0.39, 0.29) is 13.0 Å². The van der Waals surface area contributed by atoms with Crippen LogP contribution in [-0.2, 0) is 14.3 Å². The summed E-state index contributed by atoms with van der Waals surface area (Å²) < 4.78 is 5.09. The van der Waals surface area contributed by atoms with Crippen LogP contribution >= 0.6 is 0 Å². The molecule has 1 amide bonds. The van der Waals surface area contributed by atoms with Gasteiger partial charge >= 0.3 is 5.97 Å². The van der Waals surface area contributed by atoms with Crippen LogP contribution in [0.25, 0.3) is 0 Å². The minimum atomic E-state index is -1.27. The van der Waals surface area contributed by atoms with Crippen molar-refractivity contribution >= 4 is 11.9 Å². The number of carboxylic acids is 1. The maximum absolute atomic E-state index is 11.3. The molecular weight excluding hydrogens is 214 g/mol. The molecule has 0 aliphatic rings. The summed E-state index contributed by atoms with van der Waals surface area (Å²) in [6, 6.07) is -1.27. The predicted molar refractivity (Wildman–Crippen MR) is 57.0 cm³/mol. The van der Waals surface area contributed by atoms with Crippen molar-refractivity contribution < 1.29 is 24.5 Å². The zero-order valence-corrected chi connectivity index (χ0v) is 9.60. The lowest BCUT2D eigenvalue weighted by molar-refractivity contribution is -0.144. The molecule has 0 unspecified atom stereocenters. The summed E-state index contributed by atoms with van der Waals surface area (Å²) in [5, 5.41) is 20.0. The molecule has 0 aromatic heterocycles. The molecule has 0 saturated heterocycles. The minimum Gasteiger partial charge on any atom is -0.480 e. The molecule has 0 aromatic rings. The lowest BCUT2D eigenvalue weighted by atomic mass is 10.2. The Labute approximate surface area is 94.6 Å². The first-order valence-electron chi connectivity index (χ1n) is 5.27. The summed E-state index contributed by atoms with van der Waals surface area (Å²) in [4.78, 5) is 21.9. The first kappa shape index (κ1) is 14.9. The molecular formula is C10H19NO5. The lowest BCUT2D eigenvalue weighted by Crippen LogP contribution is -2.47. The van der Waals surface area contributed by atoms with E-state index in [0.29, 0.717) is 6.61 Å². The van der Waals surface area contributed by atoms with Crippen LogP contribution < -0.4 is 5.32 Å². The minimum absolute atomic E-state index is 0.0937. The first-order valence-corrected chi connectivity index (χ1v) is 5.27. The number of aliphatic carboxylic acids is 1. The molecule has 0 saturated carbocycles. The van der Waals surface area contributed by atoms with E-state index in [1.165, 1.54) is 6.92 Å². The summed E-state index contributed by atoms with van der Waals surface area (Å²) in [5.41, 5.74) is 0. The summed E-state index contributed by atoms with van der Waals surface area (Å²) in [5.74, 6) is -1.69. The van der Waals surface area contributed by atoms with Gasteiger partial charge < -0.3 is 20.3 Å². The topological polar surface area (TPSA) is 95.9 Å². The van der Waals surface area contributed by atoms with Gasteiger partial charge in [0, 0.05) is 13.0 Å². The highest BCUT2D eigenvalue weighted by molar-refractivity contribution is 5.83. The Morgan fingerprint density at radius 1 is 1.38 bits per heavy atom. The molecule has 0 fully saturated rings. The number of rotatable bonds is 8. The van der Waals surface area contributed by atoms with E-state index in [0.717, 1.165) is 6.42 Å². The highest BCUT2D eigenvalue weighted by Gasteiger charge is 2.24. The van der Waals surface area contributed by atoms with Crippen molar-refractivity contribution in [2.24, 2.45) is 0 Å². The van der Waals surface area contributed by atoms with Gasteiger partial charge in [0.25, 0.3) is 0 Å². The summed E-state index contributed by atoms with van der Waals surface area (Å²) in [6.45, 7) is 4.10. The summed E-state index contributed by atoms with van der Waals surface area (Å²) >= 11 is 0. The van der Waals surface area contributed by atoms with E-state index < -0.39 is 24.0 Å². The van der Waals surface area contributed by atoms with Gasteiger partial charge in [-0.1, -0.05) is 6.92 Å². The van der Waals surface area contributed by atoms with Gasteiger partial charge in [-0.25, -0.2) is 4.79 Å². The van der Waals surface area contributed by atoms with E-state index in [1.54, 1.807) is 0 Å². The number of amides is 1. The highest BCUT2D eigenvalue weighted by atomic mass is 16.5. The Balaban J connectivity index is 3.87. The molecule has 0 aliphatic carbocycles. The molecule has 0 heterocycles. The fraction of sp³-hybridized carbons (Fsp3) is 0.800. The molecule has 0 radical (unpaired) electrons. The van der Waals surface area contributed by atoms with Crippen molar-refractivity contribution in [3.05, 3.63) is 0 Å². The van der Waals surface area contributed by atoms with E-state index in [2.05, 4.69) is 5.32 Å². The summed E-state index contributed by atoms with van der Waals surface area (Å²) in [7, 11) is 0. The second-order valence-electron chi connectivity index (χ2n) is 3.49. The van der Waals surface area contributed by atoms with Gasteiger partial charge in [0.15, 0.2) is 6.04 Å². The Morgan fingerprint density at radius 2 is 2.00 bits per heavy atom. The number of carbonyl (C=O) groups is 2. The second kappa shape index (κ2) is 8.06. The van der Waals surface area contributed by atoms with Gasteiger partial charge in [-0.05, 0) is 13.3 Å². The Kier molecular flexibility index (Phi) is 7.49. The van der Waals surface area contributed by atoms with Gasteiger partial charge in [0.2, 0.25) is 5.91 Å². The number of aliphatic hydroxyl groups is 1. The molecule has 6 heteroatoms. The predicted octanol–water partition coefficient (Wildman–Crippen LogP) is -0.247. The zero-order chi connectivity index (χ0) is 12.6. The van der Waals surface area contributed by atoms with E-state index in [9.17, 15) is 9.59 Å². The largest absolute Gasteiger partial charge is 0.480 e. The zero-order valence-electron chi connectivity index (χ0n) is 9.60. The van der Waals surface area contributed by atoms with Crippen molar-refractivity contribution in [1.29, 1.82) is 0 Å². The van der Waals surface area contributed by atoms with Crippen molar-refractivity contribution in [2.75, 3.05) is 13.2 Å². The average Bonchev–Trinajstić information content (AvgIpc) is 2.20. The maximum atomic E-state index is 11.3. The lowest BCUT2D eigenvalue weighted by Gasteiger charge is -2.16. The first-order chi connectivity index (χ1) is 7.49. The second-order valence-corrected chi connectivity index (χ2v) is 3.49. The molecule has 94 valence electrons. The standard InChI is InChI=1S/C10H19NO5/c1-3-5-16-6-4-8(13)11-9(7(2)12)10(14)15/h7,9,12H,3-6H2,1-2H3,(H,11,13)(H,14,15)/t7-,9+/m1/s1. The highest BCUT2D eigenvalue weighted by Crippen LogP contribution is 1.94. The van der Waals surface area contributed by atoms with Crippen LogP contribution in [0, 0.1) is 0 Å². The Bertz CT molecular complexity index is 229. The van der Waals surface area contributed by atoms with Crippen molar-refractivity contribution in [2.45, 2.75) is 38.8 Å². The fourth-order valence-corrected chi connectivity index (χ4v) is 1.05. The van der Waals surface area contributed by atoms with Crippen LogP contribution in [0.5, 0.6) is 0 Å².